The predicted octanol–water partition coefficient (Wildman–Crippen LogP) is 3.10. The zero-order chi connectivity index (χ0) is 20.1. The third-order valence-electron chi connectivity index (χ3n) is 5.53. The minimum Gasteiger partial charge on any atom is -0.341 e. The Hall–Kier alpha value is -2.18. The molecule has 0 spiro atoms. The summed E-state index contributed by atoms with van der Waals surface area (Å²) in [7, 11) is -2.02. The van der Waals surface area contributed by atoms with Crippen LogP contribution in [0.3, 0.4) is 0 Å². The van der Waals surface area contributed by atoms with Crippen molar-refractivity contribution in [1.29, 1.82) is 0 Å². The Morgan fingerprint density at radius 1 is 1.04 bits per heavy atom. The Balaban J connectivity index is 1.70. The van der Waals surface area contributed by atoms with Gasteiger partial charge in [-0.3, -0.25) is 4.79 Å². The third-order valence-corrected chi connectivity index (χ3v) is 6.79. The van der Waals surface area contributed by atoms with Crippen LogP contribution >= 0.6 is 0 Å². The molecule has 1 saturated heterocycles. The average Bonchev–Trinajstić information content (AvgIpc) is 2.69. The number of piperidine rings is 1. The molecule has 6 heteroatoms. The summed E-state index contributed by atoms with van der Waals surface area (Å²) in [5, 5.41) is 0. The van der Waals surface area contributed by atoms with Crippen molar-refractivity contribution in [2.45, 2.75) is 25.3 Å². The van der Waals surface area contributed by atoms with E-state index in [9.17, 15) is 13.2 Å². The molecule has 1 aliphatic heterocycles. The van der Waals surface area contributed by atoms with E-state index in [2.05, 4.69) is 24.3 Å². The van der Waals surface area contributed by atoms with Gasteiger partial charge in [-0.1, -0.05) is 60.7 Å². The molecule has 1 atom stereocenters. The van der Waals surface area contributed by atoms with Crippen molar-refractivity contribution in [3.8, 4) is 0 Å². The highest BCUT2D eigenvalue weighted by Gasteiger charge is 2.35. The van der Waals surface area contributed by atoms with Crippen LogP contribution in [0.15, 0.2) is 60.7 Å². The van der Waals surface area contributed by atoms with Gasteiger partial charge < -0.3 is 4.90 Å². The summed E-state index contributed by atoms with van der Waals surface area (Å²) in [5.41, 5.74) is 2.03. The fraction of sp³-hybridized carbons (Fsp3) is 0.409. The number of hydrogen-bond acceptors (Lipinski definition) is 3. The van der Waals surface area contributed by atoms with Gasteiger partial charge >= 0.3 is 0 Å². The number of nitrogens with zero attached hydrogens (tertiary/aromatic N) is 2. The van der Waals surface area contributed by atoms with E-state index in [1.165, 1.54) is 16.9 Å². The van der Waals surface area contributed by atoms with Crippen molar-refractivity contribution >= 4 is 15.9 Å². The van der Waals surface area contributed by atoms with Gasteiger partial charge in [-0.25, -0.2) is 8.42 Å². The molecule has 3 rings (SSSR count). The van der Waals surface area contributed by atoms with Crippen LogP contribution in [0.5, 0.6) is 0 Å². The maximum Gasteiger partial charge on any atom is 0.245 e. The minimum atomic E-state index is -3.50. The van der Waals surface area contributed by atoms with E-state index in [1.54, 1.807) is 0 Å². The first kappa shape index (κ1) is 20.6. The fourth-order valence-corrected chi connectivity index (χ4v) is 4.41. The molecule has 0 aromatic heterocycles. The molecule has 1 fully saturated rings. The maximum absolute atomic E-state index is 13.3. The SMILES string of the molecule is CN([C@@H](C(=O)N1CCC(Cc2ccccc2)CC1)c1ccccc1)S(C)(=O)=O. The molecule has 5 nitrogen and oxygen atoms in total. The number of likely N-dealkylation sites (N-methyl/N-ethyl adjacent to an activating group) is 1. The van der Waals surface area contributed by atoms with Crippen LogP contribution in [0.1, 0.15) is 30.0 Å². The number of rotatable bonds is 6. The highest BCUT2D eigenvalue weighted by atomic mass is 32.2. The van der Waals surface area contributed by atoms with E-state index < -0.39 is 16.1 Å². The first-order valence-electron chi connectivity index (χ1n) is 9.67. The van der Waals surface area contributed by atoms with E-state index in [0.29, 0.717) is 24.6 Å². The van der Waals surface area contributed by atoms with Gasteiger partial charge in [0.15, 0.2) is 0 Å². The molecule has 0 unspecified atom stereocenters. The molecule has 2 aromatic rings. The van der Waals surface area contributed by atoms with Crippen molar-refractivity contribution in [3.63, 3.8) is 0 Å². The standard InChI is InChI=1S/C22H28N2O3S/c1-23(28(2,26)27)21(20-11-7-4-8-12-20)22(25)24-15-13-19(14-16-24)17-18-9-5-3-6-10-18/h3-12,19,21H,13-17H2,1-2H3/t21-/m1/s1. The zero-order valence-corrected chi connectivity index (χ0v) is 17.3. The average molecular weight is 401 g/mol. The number of carbonyl (C=O) groups is 1. The predicted molar refractivity (Wildman–Crippen MR) is 111 cm³/mol. The minimum absolute atomic E-state index is 0.141. The quantitative estimate of drug-likeness (QED) is 0.749. The molecule has 0 aliphatic carbocycles. The molecule has 0 N–H and O–H groups in total. The number of amides is 1. The third kappa shape index (κ3) is 5.00. The second kappa shape index (κ2) is 8.88. The summed E-state index contributed by atoms with van der Waals surface area (Å²) in [6.07, 6.45) is 4.03. The number of hydrogen-bond donors (Lipinski definition) is 0. The second-order valence-corrected chi connectivity index (χ2v) is 9.59. The lowest BCUT2D eigenvalue weighted by Gasteiger charge is -2.36. The summed E-state index contributed by atoms with van der Waals surface area (Å²) in [5.74, 6) is 0.409. The molecule has 1 heterocycles. The van der Waals surface area contributed by atoms with Gasteiger partial charge in [0.2, 0.25) is 15.9 Å². The van der Waals surface area contributed by atoms with Gasteiger partial charge in [0, 0.05) is 20.1 Å². The number of likely N-dealkylation sites (tertiary alicyclic amines) is 1. The molecular formula is C22H28N2O3S. The topological polar surface area (TPSA) is 57.7 Å². The van der Waals surface area contributed by atoms with E-state index in [4.69, 9.17) is 0 Å². The van der Waals surface area contributed by atoms with Gasteiger partial charge in [-0.05, 0) is 36.3 Å². The maximum atomic E-state index is 13.3. The summed E-state index contributed by atoms with van der Waals surface area (Å²) in [6, 6.07) is 18.7. The van der Waals surface area contributed by atoms with Crippen LogP contribution in [0.25, 0.3) is 0 Å². The smallest absolute Gasteiger partial charge is 0.245 e. The first-order chi connectivity index (χ1) is 13.4. The molecule has 28 heavy (non-hydrogen) atoms. The van der Waals surface area contributed by atoms with Crippen LogP contribution in [-0.4, -0.2) is 49.9 Å². The van der Waals surface area contributed by atoms with Crippen LogP contribution in [0.2, 0.25) is 0 Å². The van der Waals surface area contributed by atoms with E-state index in [0.717, 1.165) is 25.5 Å². The van der Waals surface area contributed by atoms with Gasteiger partial charge in [-0.15, -0.1) is 0 Å². The second-order valence-electron chi connectivity index (χ2n) is 7.55. The zero-order valence-electron chi connectivity index (χ0n) is 16.5. The van der Waals surface area contributed by atoms with Crippen molar-refractivity contribution < 1.29 is 13.2 Å². The largest absolute Gasteiger partial charge is 0.341 e. The number of benzene rings is 2. The molecule has 1 aliphatic rings. The first-order valence-corrected chi connectivity index (χ1v) is 11.5. The lowest BCUT2D eigenvalue weighted by atomic mass is 9.90. The molecule has 0 saturated carbocycles. The fourth-order valence-electron chi connectivity index (χ4n) is 3.81. The number of carbonyl (C=O) groups excluding carboxylic acids is 1. The molecule has 0 bridgehead atoms. The van der Waals surface area contributed by atoms with Crippen LogP contribution in [0, 0.1) is 5.92 Å². The van der Waals surface area contributed by atoms with E-state index >= 15 is 0 Å². The van der Waals surface area contributed by atoms with Crippen molar-refractivity contribution in [1.82, 2.24) is 9.21 Å². The monoisotopic (exact) mass is 400 g/mol. The number of sulfonamides is 1. The van der Waals surface area contributed by atoms with E-state index in [-0.39, 0.29) is 5.91 Å². The highest BCUT2D eigenvalue weighted by Crippen LogP contribution is 2.28. The summed E-state index contributed by atoms with van der Waals surface area (Å²) in [4.78, 5) is 15.1. The van der Waals surface area contributed by atoms with Gasteiger partial charge in [0.05, 0.1) is 6.26 Å². The van der Waals surface area contributed by atoms with Gasteiger partial charge in [0.25, 0.3) is 0 Å². The van der Waals surface area contributed by atoms with Crippen molar-refractivity contribution in [2.75, 3.05) is 26.4 Å². The van der Waals surface area contributed by atoms with Crippen LogP contribution in [0.4, 0.5) is 0 Å². The molecule has 2 aromatic carbocycles. The van der Waals surface area contributed by atoms with Gasteiger partial charge in [-0.2, -0.15) is 4.31 Å². The van der Waals surface area contributed by atoms with Crippen LogP contribution < -0.4 is 0 Å². The van der Waals surface area contributed by atoms with Gasteiger partial charge in [0.1, 0.15) is 6.04 Å². The Kier molecular flexibility index (Phi) is 6.52. The van der Waals surface area contributed by atoms with E-state index in [1.807, 2.05) is 41.3 Å². The lowest BCUT2D eigenvalue weighted by molar-refractivity contribution is -0.136. The molecular weight excluding hydrogens is 372 g/mol. The van der Waals surface area contributed by atoms with Crippen molar-refractivity contribution in [2.24, 2.45) is 5.92 Å². The Bertz CT molecular complexity index is 877. The normalized spacial score (nSPS) is 16.9. The molecule has 150 valence electrons. The summed E-state index contributed by atoms with van der Waals surface area (Å²) in [6.45, 7) is 1.33. The summed E-state index contributed by atoms with van der Waals surface area (Å²) >= 11 is 0. The van der Waals surface area contributed by atoms with Crippen molar-refractivity contribution in [3.05, 3.63) is 71.8 Å². The molecule has 0 radical (unpaired) electrons. The summed E-state index contributed by atoms with van der Waals surface area (Å²) < 4.78 is 25.5. The lowest BCUT2D eigenvalue weighted by Crippen LogP contribution is -2.46. The Labute approximate surface area is 168 Å². The van der Waals surface area contributed by atoms with Crippen LogP contribution in [-0.2, 0) is 21.2 Å². The molecule has 1 amide bonds. The Morgan fingerprint density at radius 3 is 2.11 bits per heavy atom. The highest BCUT2D eigenvalue weighted by molar-refractivity contribution is 7.88. The Morgan fingerprint density at radius 2 is 1.57 bits per heavy atom.